The van der Waals surface area contributed by atoms with E-state index in [-0.39, 0.29) is 12.1 Å². The zero-order valence-corrected chi connectivity index (χ0v) is 14.7. The van der Waals surface area contributed by atoms with Crippen LogP contribution in [0.3, 0.4) is 0 Å². The highest BCUT2D eigenvalue weighted by Crippen LogP contribution is 2.31. The lowest BCUT2D eigenvalue weighted by Gasteiger charge is -2.28. The molecule has 2 aromatic heterocycles. The normalized spacial score (nSPS) is 14.7. The van der Waals surface area contributed by atoms with Crippen LogP contribution in [0, 0.1) is 5.82 Å². The molecular weight excluding hydrogens is 372 g/mol. The highest BCUT2D eigenvalue weighted by molar-refractivity contribution is 5.53. The first kappa shape index (κ1) is 18.5. The highest BCUT2D eigenvalue weighted by Gasteiger charge is 2.31. The molecule has 3 heterocycles. The summed E-state index contributed by atoms with van der Waals surface area (Å²) < 4.78 is 52.7. The van der Waals surface area contributed by atoms with Gasteiger partial charge in [0, 0.05) is 61.3 Å². The molecule has 144 valence electrons. The first-order valence-corrected chi connectivity index (χ1v) is 8.73. The third-order valence-electron chi connectivity index (χ3n) is 4.70. The van der Waals surface area contributed by atoms with Crippen LogP contribution in [-0.2, 0) is 25.7 Å². The van der Waals surface area contributed by atoms with Crippen LogP contribution in [0.4, 0.5) is 17.6 Å². The minimum atomic E-state index is -4.49. The lowest BCUT2D eigenvalue weighted by molar-refractivity contribution is -0.137. The Morgan fingerprint density at radius 1 is 1.11 bits per heavy atom. The number of rotatable bonds is 3. The fraction of sp³-hybridized carbons (Fsp3) is 0.250. The predicted octanol–water partition coefficient (Wildman–Crippen LogP) is 4.25. The van der Waals surface area contributed by atoms with Crippen LogP contribution in [0.1, 0.15) is 22.4 Å². The molecule has 0 atom stereocenters. The van der Waals surface area contributed by atoms with E-state index in [1.54, 1.807) is 18.6 Å². The molecule has 0 saturated carbocycles. The van der Waals surface area contributed by atoms with E-state index in [9.17, 15) is 17.6 Å². The third kappa shape index (κ3) is 3.87. The van der Waals surface area contributed by atoms with Gasteiger partial charge in [-0.3, -0.25) is 9.88 Å². The first-order valence-electron chi connectivity index (χ1n) is 8.73. The SMILES string of the molecule is Fc1ccc(C(F)(F)F)cc1CN1CCc2nc(-c3cccnc3)ncc2C1. The molecular formula is C20H16F4N4. The van der Waals surface area contributed by atoms with Crippen molar-refractivity contribution in [3.8, 4) is 11.4 Å². The van der Waals surface area contributed by atoms with Crippen molar-refractivity contribution >= 4 is 0 Å². The number of fused-ring (bicyclic) bond motifs is 1. The van der Waals surface area contributed by atoms with Gasteiger partial charge in [-0.1, -0.05) is 0 Å². The van der Waals surface area contributed by atoms with E-state index in [4.69, 9.17) is 0 Å². The zero-order chi connectivity index (χ0) is 19.7. The van der Waals surface area contributed by atoms with E-state index in [0.717, 1.165) is 35.0 Å². The van der Waals surface area contributed by atoms with Crippen LogP contribution >= 0.6 is 0 Å². The second kappa shape index (κ2) is 7.27. The Balaban J connectivity index is 1.52. The summed E-state index contributed by atoms with van der Waals surface area (Å²) >= 11 is 0. The molecule has 0 bridgehead atoms. The predicted molar refractivity (Wildman–Crippen MR) is 94.5 cm³/mol. The summed E-state index contributed by atoms with van der Waals surface area (Å²) in [5, 5.41) is 0. The van der Waals surface area contributed by atoms with Gasteiger partial charge in [-0.2, -0.15) is 13.2 Å². The summed E-state index contributed by atoms with van der Waals surface area (Å²) in [5.74, 6) is -0.0498. The van der Waals surface area contributed by atoms with Crippen LogP contribution in [0.5, 0.6) is 0 Å². The van der Waals surface area contributed by atoms with Crippen molar-refractivity contribution in [2.75, 3.05) is 6.54 Å². The number of nitrogens with zero attached hydrogens (tertiary/aromatic N) is 4. The lowest BCUT2D eigenvalue weighted by atomic mass is 10.0. The zero-order valence-electron chi connectivity index (χ0n) is 14.7. The van der Waals surface area contributed by atoms with Gasteiger partial charge in [-0.15, -0.1) is 0 Å². The molecule has 1 aliphatic heterocycles. The van der Waals surface area contributed by atoms with E-state index >= 15 is 0 Å². The summed E-state index contributed by atoms with van der Waals surface area (Å²) in [7, 11) is 0. The molecule has 4 rings (SSSR count). The quantitative estimate of drug-likeness (QED) is 0.629. The van der Waals surface area contributed by atoms with Crippen molar-refractivity contribution in [1.82, 2.24) is 19.9 Å². The van der Waals surface area contributed by atoms with Crippen LogP contribution in [0.2, 0.25) is 0 Å². The number of alkyl halides is 3. The van der Waals surface area contributed by atoms with Gasteiger partial charge in [0.1, 0.15) is 5.82 Å². The Labute approximate surface area is 158 Å². The average molecular weight is 388 g/mol. The van der Waals surface area contributed by atoms with Gasteiger partial charge in [-0.25, -0.2) is 14.4 Å². The van der Waals surface area contributed by atoms with Gasteiger partial charge in [0.2, 0.25) is 0 Å². The first-order chi connectivity index (χ1) is 13.4. The van der Waals surface area contributed by atoms with Crippen LogP contribution < -0.4 is 0 Å². The largest absolute Gasteiger partial charge is 0.416 e. The number of hydrogen-bond acceptors (Lipinski definition) is 4. The molecule has 0 amide bonds. The Morgan fingerprint density at radius 2 is 1.96 bits per heavy atom. The van der Waals surface area contributed by atoms with Gasteiger partial charge >= 0.3 is 6.18 Å². The molecule has 0 unspecified atom stereocenters. The molecule has 0 radical (unpaired) electrons. The van der Waals surface area contributed by atoms with Crippen LogP contribution in [0.25, 0.3) is 11.4 Å². The Hall–Kier alpha value is -2.87. The second-order valence-electron chi connectivity index (χ2n) is 6.67. The minimum absolute atomic E-state index is 0.0335. The van der Waals surface area contributed by atoms with Crippen LogP contribution in [-0.4, -0.2) is 26.4 Å². The van der Waals surface area contributed by atoms with Crippen molar-refractivity contribution in [2.24, 2.45) is 0 Å². The molecule has 0 aliphatic carbocycles. The fourth-order valence-corrected chi connectivity index (χ4v) is 3.26. The van der Waals surface area contributed by atoms with E-state index in [1.807, 2.05) is 17.0 Å². The number of pyridine rings is 1. The summed E-state index contributed by atoms with van der Waals surface area (Å²) in [4.78, 5) is 14.9. The molecule has 4 nitrogen and oxygen atoms in total. The summed E-state index contributed by atoms with van der Waals surface area (Å²) in [6, 6.07) is 6.20. The molecule has 1 aliphatic rings. The number of benzene rings is 1. The Morgan fingerprint density at radius 3 is 2.71 bits per heavy atom. The molecule has 28 heavy (non-hydrogen) atoms. The second-order valence-corrected chi connectivity index (χ2v) is 6.67. The molecule has 0 saturated heterocycles. The summed E-state index contributed by atoms with van der Waals surface area (Å²) in [6.45, 7) is 1.13. The fourth-order valence-electron chi connectivity index (χ4n) is 3.26. The van der Waals surface area contributed by atoms with E-state index in [2.05, 4.69) is 15.0 Å². The van der Waals surface area contributed by atoms with Gasteiger partial charge in [0.15, 0.2) is 5.82 Å². The molecule has 1 aromatic carbocycles. The number of aromatic nitrogens is 3. The minimum Gasteiger partial charge on any atom is -0.294 e. The molecule has 0 spiro atoms. The lowest BCUT2D eigenvalue weighted by Crippen LogP contribution is -2.31. The Kier molecular flexibility index (Phi) is 4.80. The van der Waals surface area contributed by atoms with Gasteiger partial charge in [0.25, 0.3) is 0 Å². The van der Waals surface area contributed by atoms with Crippen molar-refractivity contribution in [1.29, 1.82) is 0 Å². The van der Waals surface area contributed by atoms with Crippen molar-refractivity contribution in [3.63, 3.8) is 0 Å². The highest BCUT2D eigenvalue weighted by atomic mass is 19.4. The standard InChI is InChI=1S/C20H16F4N4/c21-17-4-3-16(20(22,23)24)8-14(17)11-28-7-5-18-15(12-28)10-26-19(27-18)13-2-1-6-25-9-13/h1-4,6,8-10H,5,7,11-12H2. The number of halogens is 4. The summed E-state index contributed by atoms with van der Waals surface area (Å²) in [5.41, 5.74) is 1.80. The van der Waals surface area contributed by atoms with Gasteiger partial charge < -0.3 is 0 Å². The van der Waals surface area contributed by atoms with Crippen molar-refractivity contribution in [2.45, 2.75) is 25.7 Å². The maximum Gasteiger partial charge on any atom is 0.416 e. The van der Waals surface area contributed by atoms with Crippen LogP contribution in [0.15, 0.2) is 48.9 Å². The van der Waals surface area contributed by atoms with Gasteiger partial charge in [0.05, 0.1) is 11.3 Å². The molecule has 0 fully saturated rings. The average Bonchev–Trinajstić information content (AvgIpc) is 2.69. The third-order valence-corrected chi connectivity index (χ3v) is 4.70. The maximum absolute atomic E-state index is 14.0. The van der Waals surface area contributed by atoms with Crippen molar-refractivity contribution in [3.05, 3.63) is 77.1 Å². The maximum atomic E-state index is 14.0. The monoisotopic (exact) mass is 388 g/mol. The van der Waals surface area contributed by atoms with E-state index in [1.165, 1.54) is 0 Å². The molecule has 0 N–H and O–H groups in total. The molecule has 3 aromatic rings. The molecule has 8 heteroatoms. The Bertz CT molecular complexity index is 989. The van der Waals surface area contributed by atoms with Crippen molar-refractivity contribution < 1.29 is 17.6 Å². The summed E-state index contributed by atoms with van der Waals surface area (Å²) in [6.07, 6.45) is 1.21. The van der Waals surface area contributed by atoms with E-state index in [0.29, 0.717) is 25.3 Å². The smallest absolute Gasteiger partial charge is 0.294 e. The van der Waals surface area contributed by atoms with E-state index < -0.39 is 17.6 Å². The topological polar surface area (TPSA) is 41.9 Å². The van der Waals surface area contributed by atoms with Gasteiger partial charge in [-0.05, 0) is 30.3 Å². The number of hydrogen-bond donors (Lipinski definition) is 0.